The summed E-state index contributed by atoms with van der Waals surface area (Å²) in [4.78, 5) is 0. The van der Waals surface area contributed by atoms with Crippen LogP contribution in [0.15, 0.2) is 48.5 Å². The Hall–Kier alpha value is -2.29. The zero-order valence-corrected chi connectivity index (χ0v) is 9.56. The van der Waals surface area contributed by atoms with E-state index >= 15 is 0 Å². The topological polar surface area (TPSA) is 14.2 Å². The van der Waals surface area contributed by atoms with Crippen LogP contribution < -0.4 is 4.74 Å². The molecule has 0 unspecified atom stereocenters. The predicted molar refractivity (Wildman–Crippen MR) is 68.0 cm³/mol. The van der Waals surface area contributed by atoms with Crippen LogP contribution in [0.3, 0.4) is 0 Å². The quantitative estimate of drug-likeness (QED) is 0.582. The Bertz CT molecular complexity index is 760. The molecule has 0 saturated heterocycles. The third-order valence-electron chi connectivity index (χ3n) is 3.39. The monoisotopic (exact) mass is 239 g/mol. The number of fused-ring (bicyclic) bond motifs is 5. The lowest BCUT2D eigenvalue weighted by Crippen LogP contribution is -2.13. The van der Waals surface area contributed by atoms with E-state index < -0.39 is 0 Å². The smallest absolute Gasteiger partial charge is 0.165 e. The van der Waals surface area contributed by atoms with E-state index in [1.54, 1.807) is 12.1 Å². The van der Waals surface area contributed by atoms with Gasteiger partial charge in [-0.3, -0.25) is 0 Å². The number of halogens is 1. The molecule has 88 valence electrons. The SMILES string of the molecule is Fc1cccc2c1-c1cc3ccccc3n1CO2. The summed E-state index contributed by atoms with van der Waals surface area (Å²) in [5, 5.41) is 1.10. The highest BCUT2D eigenvalue weighted by Crippen LogP contribution is 2.39. The second-order valence-electron chi connectivity index (χ2n) is 4.40. The van der Waals surface area contributed by atoms with Crippen molar-refractivity contribution in [3.63, 3.8) is 0 Å². The molecule has 4 rings (SSSR count). The van der Waals surface area contributed by atoms with E-state index in [1.165, 1.54) is 6.07 Å². The van der Waals surface area contributed by atoms with Crippen molar-refractivity contribution >= 4 is 10.9 Å². The van der Waals surface area contributed by atoms with Crippen LogP contribution in [-0.4, -0.2) is 4.57 Å². The maximum atomic E-state index is 14.0. The molecule has 1 aliphatic rings. The lowest BCUT2D eigenvalue weighted by atomic mass is 10.1. The van der Waals surface area contributed by atoms with Crippen LogP contribution in [0.4, 0.5) is 4.39 Å². The number of nitrogens with zero attached hydrogens (tertiary/aromatic N) is 1. The van der Waals surface area contributed by atoms with Gasteiger partial charge in [0.25, 0.3) is 0 Å². The Labute approximate surface area is 103 Å². The van der Waals surface area contributed by atoms with E-state index in [1.807, 2.05) is 34.9 Å². The number of ether oxygens (including phenoxy) is 1. The zero-order valence-electron chi connectivity index (χ0n) is 9.56. The van der Waals surface area contributed by atoms with Crippen LogP contribution in [0.25, 0.3) is 22.2 Å². The molecule has 0 bridgehead atoms. The van der Waals surface area contributed by atoms with Crippen molar-refractivity contribution in [2.24, 2.45) is 0 Å². The third kappa shape index (κ3) is 1.16. The molecule has 0 aliphatic carbocycles. The van der Waals surface area contributed by atoms with Gasteiger partial charge in [0.1, 0.15) is 11.6 Å². The first kappa shape index (κ1) is 9.71. The minimum Gasteiger partial charge on any atom is -0.472 e. The fraction of sp³-hybridized carbons (Fsp3) is 0.0667. The van der Waals surface area contributed by atoms with Crippen LogP contribution in [-0.2, 0) is 6.73 Å². The van der Waals surface area contributed by atoms with Crippen molar-refractivity contribution in [1.82, 2.24) is 4.57 Å². The fourth-order valence-corrected chi connectivity index (χ4v) is 2.56. The van der Waals surface area contributed by atoms with Gasteiger partial charge in [-0.05, 0) is 24.3 Å². The molecule has 3 aromatic rings. The first-order valence-corrected chi connectivity index (χ1v) is 5.84. The molecule has 2 heterocycles. The number of rotatable bonds is 0. The molecule has 0 radical (unpaired) electrons. The molecule has 2 nitrogen and oxygen atoms in total. The lowest BCUT2D eigenvalue weighted by molar-refractivity contribution is 0.234. The number of hydrogen-bond donors (Lipinski definition) is 0. The molecule has 0 saturated carbocycles. The van der Waals surface area contributed by atoms with Gasteiger partial charge in [-0.15, -0.1) is 0 Å². The van der Waals surface area contributed by atoms with Crippen molar-refractivity contribution in [3.05, 3.63) is 54.3 Å². The maximum Gasteiger partial charge on any atom is 0.165 e. The Morgan fingerprint density at radius 2 is 1.94 bits per heavy atom. The minimum absolute atomic E-state index is 0.240. The van der Waals surface area contributed by atoms with E-state index in [-0.39, 0.29) is 5.82 Å². The van der Waals surface area contributed by atoms with E-state index in [4.69, 9.17) is 4.74 Å². The van der Waals surface area contributed by atoms with Crippen molar-refractivity contribution in [2.75, 3.05) is 0 Å². The normalized spacial score (nSPS) is 12.9. The van der Waals surface area contributed by atoms with Crippen LogP contribution >= 0.6 is 0 Å². The molecular weight excluding hydrogens is 229 g/mol. The van der Waals surface area contributed by atoms with Crippen molar-refractivity contribution < 1.29 is 9.13 Å². The van der Waals surface area contributed by atoms with Crippen LogP contribution in [0, 0.1) is 5.82 Å². The highest BCUT2D eigenvalue weighted by atomic mass is 19.1. The van der Waals surface area contributed by atoms with Crippen molar-refractivity contribution in [1.29, 1.82) is 0 Å². The molecule has 1 aromatic heterocycles. The van der Waals surface area contributed by atoms with Crippen molar-refractivity contribution in [3.8, 4) is 17.0 Å². The molecule has 0 spiro atoms. The number of para-hydroxylation sites is 1. The summed E-state index contributed by atoms with van der Waals surface area (Å²) in [7, 11) is 0. The largest absolute Gasteiger partial charge is 0.472 e. The van der Waals surface area contributed by atoms with Gasteiger partial charge in [-0.25, -0.2) is 4.39 Å². The van der Waals surface area contributed by atoms with Gasteiger partial charge in [0.2, 0.25) is 0 Å². The molecule has 0 amide bonds. The Morgan fingerprint density at radius 1 is 1.06 bits per heavy atom. The second-order valence-corrected chi connectivity index (χ2v) is 4.40. The Kier molecular flexibility index (Phi) is 1.81. The first-order valence-electron chi connectivity index (χ1n) is 5.84. The highest BCUT2D eigenvalue weighted by molar-refractivity contribution is 5.88. The average Bonchev–Trinajstić information content (AvgIpc) is 2.77. The molecule has 2 aromatic carbocycles. The van der Waals surface area contributed by atoms with Gasteiger partial charge in [0.05, 0.1) is 16.8 Å². The molecule has 3 heteroatoms. The third-order valence-corrected chi connectivity index (χ3v) is 3.39. The summed E-state index contributed by atoms with van der Waals surface area (Å²) in [6.07, 6.45) is 0. The van der Waals surface area contributed by atoms with E-state index in [9.17, 15) is 4.39 Å². The van der Waals surface area contributed by atoms with Crippen molar-refractivity contribution in [2.45, 2.75) is 6.73 Å². The zero-order chi connectivity index (χ0) is 12.1. The number of aromatic nitrogens is 1. The molecule has 18 heavy (non-hydrogen) atoms. The molecule has 0 atom stereocenters. The summed E-state index contributed by atoms with van der Waals surface area (Å²) >= 11 is 0. The summed E-state index contributed by atoms with van der Waals surface area (Å²) in [6, 6.07) is 15.0. The first-order chi connectivity index (χ1) is 8.84. The van der Waals surface area contributed by atoms with E-state index in [0.29, 0.717) is 18.0 Å². The van der Waals surface area contributed by atoms with Gasteiger partial charge >= 0.3 is 0 Å². The van der Waals surface area contributed by atoms with E-state index in [2.05, 4.69) is 0 Å². The molecule has 0 N–H and O–H groups in total. The average molecular weight is 239 g/mol. The van der Waals surface area contributed by atoms with Gasteiger partial charge in [-0.2, -0.15) is 0 Å². The molecule has 1 aliphatic heterocycles. The Balaban J connectivity index is 2.12. The van der Waals surface area contributed by atoms with Gasteiger partial charge in [-0.1, -0.05) is 24.3 Å². The lowest BCUT2D eigenvalue weighted by Gasteiger charge is -2.21. The maximum absolute atomic E-state index is 14.0. The van der Waals surface area contributed by atoms with Gasteiger partial charge in [0, 0.05) is 5.39 Å². The fourth-order valence-electron chi connectivity index (χ4n) is 2.56. The summed E-state index contributed by atoms with van der Waals surface area (Å²) in [6.45, 7) is 0.430. The minimum atomic E-state index is -0.240. The summed E-state index contributed by atoms with van der Waals surface area (Å²) in [5.74, 6) is 0.376. The standard InChI is InChI=1S/C15H10FNO/c16-11-5-3-7-14-15(11)13-8-10-4-1-2-6-12(10)17(13)9-18-14/h1-8H,9H2. The van der Waals surface area contributed by atoms with Crippen LogP contribution in [0.5, 0.6) is 5.75 Å². The number of hydrogen-bond acceptors (Lipinski definition) is 1. The molecular formula is C15H10FNO. The predicted octanol–water partition coefficient (Wildman–Crippen LogP) is 3.80. The van der Waals surface area contributed by atoms with E-state index in [0.717, 1.165) is 16.6 Å². The highest BCUT2D eigenvalue weighted by Gasteiger charge is 2.22. The van der Waals surface area contributed by atoms with Crippen LogP contribution in [0.1, 0.15) is 0 Å². The second kappa shape index (κ2) is 3.35. The number of benzene rings is 2. The van der Waals surface area contributed by atoms with Gasteiger partial charge < -0.3 is 9.30 Å². The summed E-state index contributed by atoms with van der Waals surface area (Å²) < 4.78 is 21.6. The summed E-state index contributed by atoms with van der Waals surface area (Å²) in [5.41, 5.74) is 2.51. The Morgan fingerprint density at radius 3 is 2.89 bits per heavy atom. The van der Waals surface area contributed by atoms with Crippen LogP contribution in [0.2, 0.25) is 0 Å². The molecule has 0 fully saturated rings. The van der Waals surface area contributed by atoms with Gasteiger partial charge in [0.15, 0.2) is 6.73 Å².